The zero-order chi connectivity index (χ0) is 15.0. The van der Waals surface area contributed by atoms with Crippen molar-refractivity contribution in [3.8, 4) is 11.5 Å². The van der Waals surface area contributed by atoms with Gasteiger partial charge in [-0.05, 0) is 31.0 Å². The zero-order valence-corrected chi connectivity index (χ0v) is 12.4. The van der Waals surface area contributed by atoms with Gasteiger partial charge in [-0.15, -0.1) is 0 Å². The largest absolute Gasteiger partial charge is 0.493 e. The highest BCUT2D eigenvalue weighted by atomic mass is 16.5. The molecule has 0 aromatic heterocycles. The van der Waals surface area contributed by atoms with Gasteiger partial charge in [0.05, 0.1) is 7.11 Å². The van der Waals surface area contributed by atoms with Gasteiger partial charge in [-0.3, -0.25) is 4.79 Å². The van der Waals surface area contributed by atoms with Gasteiger partial charge in [0.2, 0.25) is 0 Å². The lowest BCUT2D eigenvalue weighted by molar-refractivity contribution is -0.123. The molecule has 0 aliphatic heterocycles. The van der Waals surface area contributed by atoms with Crippen LogP contribution in [0.2, 0.25) is 0 Å². The number of methoxy groups -OCH3 is 1. The molecule has 1 atom stereocenters. The molecule has 1 amide bonds. The van der Waals surface area contributed by atoms with E-state index in [1.54, 1.807) is 13.2 Å². The first-order valence-electron chi connectivity index (χ1n) is 6.91. The van der Waals surface area contributed by atoms with Crippen molar-refractivity contribution >= 4 is 5.91 Å². The molecule has 0 aliphatic rings. The van der Waals surface area contributed by atoms with Crippen LogP contribution in [0.25, 0.3) is 0 Å². The van der Waals surface area contributed by atoms with Crippen LogP contribution in [0.1, 0.15) is 38.3 Å². The number of benzene rings is 1. The van der Waals surface area contributed by atoms with Crippen molar-refractivity contribution in [2.75, 3.05) is 20.3 Å². The van der Waals surface area contributed by atoms with Crippen LogP contribution in [0.15, 0.2) is 18.2 Å². The highest BCUT2D eigenvalue weighted by Gasteiger charge is 2.09. The number of ether oxygens (including phenoxy) is 2. The van der Waals surface area contributed by atoms with Crippen molar-refractivity contribution in [1.82, 2.24) is 5.32 Å². The monoisotopic (exact) mass is 280 g/mol. The Morgan fingerprint density at radius 1 is 1.40 bits per heavy atom. The van der Waals surface area contributed by atoms with Gasteiger partial charge in [0.15, 0.2) is 18.1 Å². The molecule has 3 N–H and O–H groups in total. The van der Waals surface area contributed by atoms with E-state index in [4.69, 9.17) is 15.2 Å². The summed E-state index contributed by atoms with van der Waals surface area (Å²) in [5.74, 6) is 1.00. The normalized spacial score (nSPS) is 11.8. The number of hydrogen-bond acceptors (Lipinski definition) is 4. The van der Waals surface area contributed by atoms with Crippen LogP contribution in [0.3, 0.4) is 0 Å². The second-order valence-corrected chi connectivity index (χ2v) is 4.69. The van der Waals surface area contributed by atoms with E-state index in [1.807, 2.05) is 19.1 Å². The van der Waals surface area contributed by atoms with Crippen LogP contribution in [0, 0.1) is 0 Å². The average molecular weight is 280 g/mol. The van der Waals surface area contributed by atoms with Gasteiger partial charge >= 0.3 is 0 Å². The number of nitrogens with one attached hydrogen (secondary N) is 1. The van der Waals surface area contributed by atoms with Crippen molar-refractivity contribution in [2.45, 2.75) is 32.7 Å². The summed E-state index contributed by atoms with van der Waals surface area (Å²) in [7, 11) is 1.56. The zero-order valence-electron chi connectivity index (χ0n) is 12.4. The van der Waals surface area contributed by atoms with Gasteiger partial charge < -0.3 is 20.5 Å². The summed E-state index contributed by atoms with van der Waals surface area (Å²) in [6.45, 7) is 4.64. The van der Waals surface area contributed by atoms with E-state index in [-0.39, 0.29) is 18.6 Å². The number of rotatable bonds is 8. The van der Waals surface area contributed by atoms with Crippen LogP contribution in [-0.4, -0.2) is 26.2 Å². The Hall–Kier alpha value is -1.75. The predicted octanol–water partition coefficient (Wildman–Crippen LogP) is 2.01. The Morgan fingerprint density at radius 2 is 2.15 bits per heavy atom. The number of unbranched alkanes of at least 4 members (excludes halogenated alkanes) is 1. The van der Waals surface area contributed by atoms with Gasteiger partial charge in [0, 0.05) is 12.6 Å². The van der Waals surface area contributed by atoms with Crippen LogP contribution < -0.4 is 20.5 Å². The second kappa shape index (κ2) is 8.43. The molecule has 0 heterocycles. The Kier molecular flexibility index (Phi) is 6.87. The molecule has 112 valence electrons. The number of carbonyl (C=O) groups excluding carboxylic acids is 1. The maximum absolute atomic E-state index is 11.6. The molecule has 1 aromatic carbocycles. The van der Waals surface area contributed by atoms with E-state index in [1.165, 1.54) is 0 Å². The summed E-state index contributed by atoms with van der Waals surface area (Å²) in [5.41, 5.74) is 6.78. The Bertz CT molecular complexity index is 433. The van der Waals surface area contributed by atoms with Gasteiger partial charge in [-0.1, -0.05) is 19.4 Å². The second-order valence-electron chi connectivity index (χ2n) is 4.69. The lowest BCUT2D eigenvalue weighted by Crippen LogP contribution is -2.29. The molecule has 1 aromatic rings. The van der Waals surface area contributed by atoms with Gasteiger partial charge in [-0.25, -0.2) is 0 Å². The Balaban J connectivity index is 2.57. The molecule has 0 saturated carbocycles. The highest BCUT2D eigenvalue weighted by Crippen LogP contribution is 2.29. The van der Waals surface area contributed by atoms with E-state index < -0.39 is 0 Å². The third-order valence-corrected chi connectivity index (χ3v) is 2.92. The summed E-state index contributed by atoms with van der Waals surface area (Å²) in [6.07, 6.45) is 2.02. The molecule has 0 fully saturated rings. The van der Waals surface area contributed by atoms with Crippen molar-refractivity contribution in [3.63, 3.8) is 0 Å². The van der Waals surface area contributed by atoms with Crippen LogP contribution in [-0.2, 0) is 4.79 Å². The van der Waals surface area contributed by atoms with Crippen molar-refractivity contribution < 1.29 is 14.3 Å². The van der Waals surface area contributed by atoms with Gasteiger partial charge in [0.25, 0.3) is 5.91 Å². The maximum Gasteiger partial charge on any atom is 0.257 e. The molecule has 20 heavy (non-hydrogen) atoms. The van der Waals surface area contributed by atoms with E-state index in [9.17, 15) is 4.79 Å². The number of nitrogens with two attached hydrogens (primary N) is 1. The third kappa shape index (κ3) is 5.09. The molecule has 5 heteroatoms. The molecule has 0 saturated heterocycles. The van der Waals surface area contributed by atoms with E-state index in [0.29, 0.717) is 18.0 Å². The van der Waals surface area contributed by atoms with Crippen molar-refractivity contribution in [3.05, 3.63) is 23.8 Å². The van der Waals surface area contributed by atoms with Crippen molar-refractivity contribution in [2.24, 2.45) is 5.73 Å². The topological polar surface area (TPSA) is 73.6 Å². The van der Waals surface area contributed by atoms with Crippen LogP contribution in [0.5, 0.6) is 11.5 Å². The highest BCUT2D eigenvalue weighted by molar-refractivity contribution is 5.77. The fourth-order valence-electron chi connectivity index (χ4n) is 1.69. The molecule has 0 aliphatic carbocycles. The molecule has 0 radical (unpaired) electrons. The van der Waals surface area contributed by atoms with E-state index >= 15 is 0 Å². The molecule has 0 bridgehead atoms. The minimum Gasteiger partial charge on any atom is -0.493 e. The lowest BCUT2D eigenvalue weighted by atomic mass is 10.1. The SMILES string of the molecule is CCCCNC(=O)COc1ccc(C(C)N)cc1OC. The average Bonchev–Trinajstić information content (AvgIpc) is 2.45. The molecule has 1 unspecified atom stereocenters. The summed E-state index contributed by atoms with van der Waals surface area (Å²) in [5, 5.41) is 2.80. The number of hydrogen-bond donors (Lipinski definition) is 2. The lowest BCUT2D eigenvalue weighted by Gasteiger charge is -2.13. The maximum atomic E-state index is 11.6. The minimum absolute atomic E-state index is 0.0163. The first-order valence-corrected chi connectivity index (χ1v) is 6.91. The smallest absolute Gasteiger partial charge is 0.257 e. The Morgan fingerprint density at radius 3 is 2.75 bits per heavy atom. The van der Waals surface area contributed by atoms with Gasteiger partial charge in [0.1, 0.15) is 0 Å². The summed E-state index contributed by atoms with van der Waals surface area (Å²) < 4.78 is 10.7. The standard InChI is InChI=1S/C15H24N2O3/c1-4-5-8-17-15(18)10-20-13-7-6-12(11(2)16)9-14(13)19-3/h6-7,9,11H,4-5,8,10,16H2,1-3H3,(H,17,18). The quantitative estimate of drug-likeness (QED) is 0.714. The Labute approximate surface area is 120 Å². The molecule has 1 rings (SSSR count). The van der Waals surface area contributed by atoms with Crippen LogP contribution >= 0.6 is 0 Å². The van der Waals surface area contributed by atoms with E-state index in [2.05, 4.69) is 12.2 Å². The molecule has 0 spiro atoms. The third-order valence-electron chi connectivity index (χ3n) is 2.92. The molecular weight excluding hydrogens is 256 g/mol. The van der Waals surface area contributed by atoms with Crippen molar-refractivity contribution in [1.29, 1.82) is 0 Å². The van der Waals surface area contributed by atoms with E-state index in [0.717, 1.165) is 18.4 Å². The fraction of sp³-hybridized carbons (Fsp3) is 0.533. The molecular formula is C15H24N2O3. The summed E-state index contributed by atoms with van der Waals surface area (Å²) in [6, 6.07) is 5.40. The molecule has 5 nitrogen and oxygen atoms in total. The predicted molar refractivity (Wildman–Crippen MR) is 79.0 cm³/mol. The minimum atomic E-state index is -0.128. The first-order chi connectivity index (χ1) is 9.58. The summed E-state index contributed by atoms with van der Waals surface area (Å²) >= 11 is 0. The summed E-state index contributed by atoms with van der Waals surface area (Å²) in [4.78, 5) is 11.6. The van der Waals surface area contributed by atoms with Gasteiger partial charge in [-0.2, -0.15) is 0 Å². The van der Waals surface area contributed by atoms with Crippen LogP contribution in [0.4, 0.5) is 0 Å². The fourth-order valence-corrected chi connectivity index (χ4v) is 1.69. The number of amides is 1. The number of carbonyl (C=O) groups is 1. The first kappa shape index (κ1) is 16.3.